The third-order valence-electron chi connectivity index (χ3n) is 3.37. The Hall–Kier alpha value is -2.14. The highest BCUT2D eigenvalue weighted by Crippen LogP contribution is 2.18. The zero-order valence-corrected chi connectivity index (χ0v) is 13.7. The predicted octanol–water partition coefficient (Wildman–Crippen LogP) is 4.08. The third-order valence-corrected chi connectivity index (χ3v) is 3.90. The van der Waals surface area contributed by atoms with Crippen molar-refractivity contribution in [2.45, 2.75) is 13.3 Å². The minimum Gasteiger partial charge on any atom is -0.484 e. The molecule has 22 heavy (non-hydrogen) atoms. The summed E-state index contributed by atoms with van der Waals surface area (Å²) in [6.07, 6.45) is 0.693. The molecule has 4 nitrogen and oxygen atoms in total. The Bertz CT molecular complexity index is 809. The molecule has 1 aromatic heterocycles. The summed E-state index contributed by atoms with van der Waals surface area (Å²) in [5.74, 6) is 1.30. The van der Waals surface area contributed by atoms with Crippen LogP contribution in [0.1, 0.15) is 17.5 Å². The van der Waals surface area contributed by atoms with Crippen molar-refractivity contribution in [1.29, 1.82) is 0 Å². The van der Waals surface area contributed by atoms with Gasteiger partial charge in [0.25, 0.3) is 5.91 Å². The first kappa shape index (κ1) is 14.8. The van der Waals surface area contributed by atoms with E-state index in [0.29, 0.717) is 12.2 Å². The van der Waals surface area contributed by atoms with Gasteiger partial charge in [0.15, 0.2) is 6.61 Å². The van der Waals surface area contributed by atoms with E-state index in [4.69, 9.17) is 4.74 Å². The van der Waals surface area contributed by atoms with Crippen LogP contribution in [0, 0.1) is 0 Å². The summed E-state index contributed by atoms with van der Waals surface area (Å²) in [5, 5.41) is 0. The monoisotopic (exact) mass is 358 g/mol. The lowest BCUT2D eigenvalue weighted by Crippen LogP contribution is -2.21. The van der Waals surface area contributed by atoms with E-state index in [1.54, 1.807) is 4.57 Å². The molecule has 0 radical (unpaired) electrons. The summed E-state index contributed by atoms with van der Waals surface area (Å²) < 4.78 is 8.20. The Morgan fingerprint density at radius 2 is 1.91 bits per heavy atom. The fourth-order valence-electron chi connectivity index (χ4n) is 2.33. The number of halogens is 1. The van der Waals surface area contributed by atoms with Gasteiger partial charge in [0, 0.05) is 10.9 Å². The van der Waals surface area contributed by atoms with Crippen molar-refractivity contribution in [2.75, 3.05) is 6.61 Å². The van der Waals surface area contributed by atoms with E-state index in [1.165, 1.54) is 0 Å². The molecule has 5 heteroatoms. The molecule has 0 aliphatic rings. The van der Waals surface area contributed by atoms with Crippen molar-refractivity contribution in [3.8, 4) is 5.75 Å². The number of imidazole rings is 1. The first-order chi connectivity index (χ1) is 10.7. The third kappa shape index (κ3) is 2.90. The van der Waals surface area contributed by atoms with Gasteiger partial charge in [0.2, 0.25) is 0 Å². The van der Waals surface area contributed by atoms with E-state index in [0.717, 1.165) is 21.3 Å². The maximum atomic E-state index is 12.5. The molecular weight excluding hydrogens is 344 g/mol. The van der Waals surface area contributed by atoms with Crippen LogP contribution in [-0.4, -0.2) is 22.1 Å². The van der Waals surface area contributed by atoms with Crippen molar-refractivity contribution in [3.05, 3.63) is 58.8 Å². The van der Waals surface area contributed by atoms with E-state index in [-0.39, 0.29) is 12.5 Å². The van der Waals surface area contributed by atoms with Crippen molar-refractivity contribution in [2.24, 2.45) is 0 Å². The molecule has 0 N–H and O–H groups in total. The molecule has 1 heterocycles. The number of benzene rings is 2. The van der Waals surface area contributed by atoms with Crippen LogP contribution in [0.25, 0.3) is 11.0 Å². The Morgan fingerprint density at radius 1 is 1.18 bits per heavy atom. The SMILES string of the molecule is CCc1nc2ccccc2n1C(=O)COc1ccc(Br)cc1. The summed E-state index contributed by atoms with van der Waals surface area (Å²) in [6.45, 7) is 1.97. The fraction of sp³-hybridized carbons (Fsp3) is 0.176. The maximum absolute atomic E-state index is 12.5. The van der Waals surface area contributed by atoms with E-state index >= 15 is 0 Å². The van der Waals surface area contributed by atoms with E-state index in [9.17, 15) is 4.79 Å². The largest absolute Gasteiger partial charge is 0.484 e. The average molecular weight is 359 g/mol. The number of para-hydroxylation sites is 2. The highest BCUT2D eigenvalue weighted by Gasteiger charge is 2.15. The maximum Gasteiger partial charge on any atom is 0.270 e. The van der Waals surface area contributed by atoms with Crippen LogP contribution in [0.4, 0.5) is 0 Å². The fourth-order valence-corrected chi connectivity index (χ4v) is 2.60. The van der Waals surface area contributed by atoms with Crippen LogP contribution in [0.3, 0.4) is 0 Å². The lowest BCUT2D eigenvalue weighted by Gasteiger charge is -2.09. The lowest BCUT2D eigenvalue weighted by molar-refractivity contribution is 0.0839. The normalized spacial score (nSPS) is 10.8. The van der Waals surface area contributed by atoms with Gasteiger partial charge in [-0.3, -0.25) is 9.36 Å². The summed E-state index contributed by atoms with van der Waals surface area (Å²) in [7, 11) is 0. The van der Waals surface area contributed by atoms with Crippen LogP contribution in [0.15, 0.2) is 53.0 Å². The highest BCUT2D eigenvalue weighted by atomic mass is 79.9. The average Bonchev–Trinajstić information content (AvgIpc) is 2.92. The number of rotatable bonds is 4. The van der Waals surface area contributed by atoms with Crippen molar-refractivity contribution < 1.29 is 9.53 Å². The van der Waals surface area contributed by atoms with Gasteiger partial charge in [-0.1, -0.05) is 35.0 Å². The minimum absolute atomic E-state index is 0.0189. The summed E-state index contributed by atoms with van der Waals surface area (Å²) in [5.41, 5.74) is 1.65. The van der Waals surface area contributed by atoms with Gasteiger partial charge in [0.05, 0.1) is 11.0 Å². The van der Waals surface area contributed by atoms with E-state index < -0.39 is 0 Å². The number of carbonyl (C=O) groups excluding carboxylic acids is 1. The Kier molecular flexibility index (Phi) is 4.24. The number of hydrogen-bond acceptors (Lipinski definition) is 3. The van der Waals surface area contributed by atoms with Crippen molar-refractivity contribution in [1.82, 2.24) is 9.55 Å². The van der Waals surface area contributed by atoms with Crippen LogP contribution in [-0.2, 0) is 6.42 Å². The summed E-state index contributed by atoms with van der Waals surface area (Å²) >= 11 is 3.37. The molecule has 3 rings (SSSR count). The minimum atomic E-state index is -0.117. The molecule has 2 aromatic carbocycles. The van der Waals surface area contributed by atoms with Crippen molar-refractivity contribution in [3.63, 3.8) is 0 Å². The summed E-state index contributed by atoms with van der Waals surface area (Å²) in [4.78, 5) is 17.0. The van der Waals surface area contributed by atoms with Gasteiger partial charge in [-0.15, -0.1) is 0 Å². The second-order valence-corrected chi connectivity index (χ2v) is 5.76. The number of aromatic nitrogens is 2. The Labute approximate surface area is 136 Å². The van der Waals surface area contributed by atoms with Crippen LogP contribution < -0.4 is 4.74 Å². The molecular formula is C17H15BrN2O2. The van der Waals surface area contributed by atoms with Gasteiger partial charge in [-0.05, 0) is 36.4 Å². The van der Waals surface area contributed by atoms with Gasteiger partial charge in [-0.2, -0.15) is 0 Å². The van der Waals surface area contributed by atoms with Gasteiger partial charge >= 0.3 is 0 Å². The molecule has 0 spiro atoms. The van der Waals surface area contributed by atoms with Gasteiger partial charge < -0.3 is 4.74 Å². The van der Waals surface area contributed by atoms with Gasteiger partial charge in [0.1, 0.15) is 11.6 Å². The topological polar surface area (TPSA) is 44.1 Å². The summed E-state index contributed by atoms with van der Waals surface area (Å²) in [6, 6.07) is 15.0. The zero-order valence-electron chi connectivity index (χ0n) is 12.1. The Morgan fingerprint density at radius 3 is 2.64 bits per heavy atom. The van der Waals surface area contributed by atoms with Crippen LogP contribution in [0.2, 0.25) is 0 Å². The first-order valence-electron chi connectivity index (χ1n) is 7.07. The standard InChI is InChI=1S/C17H15BrN2O2/c1-2-16-19-14-5-3-4-6-15(14)20(16)17(21)11-22-13-9-7-12(18)8-10-13/h3-10H,2,11H2,1H3. The number of hydrogen-bond donors (Lipinski definition) is 0. The van der Waals surface area contributed by atoms with E-state index in [1.807, 2.05) is 55.5 Å². The molecule has 0 saturated carbocycles. The number of carbonyl (C=O) groups is 1. The molecule has 0 atom stereocenters. The molecule has 0 saturated heterocycles. The number of ether oxygens (including phenoxy) is 1. The van der Waals surface area contributed by atoms with Crippen molar-refractivity contribution >= 4 is 32.9 Å². The van der Waals surface area contributed by atoms with Gasteiger partial charge in [-0.25, -0.2) is 4.98 Å². The first-order valence-corrected chi connectivity index (χ1v) is 7.86. The molecule has 0 aliphatic carbocycles. The number of aryl methyl sites for hydroxylation is 1. The van der Waals surface area contributed by atoms with E-state index in [2.05, 4.69) is 20.9 Å². The molecule has 0 unspecified atom stereocenters. The van der Waals surface area contributed by atoms with Crippen LogP contribution in [0.5, 0.6) is 5.75 Å². The smallest absolute Gasteiger partial charge is 0.270 e. The Balaban J connectivity index is 1.84. The number of nitrogens with zero attached hydrogens (tertiary/aromatic N) is 2. The molecule has 0 fully saturated rings. The van der Waals surface area contributed by atoms with Crippen LogP contribution >= 0.6 is 15.9 Å². The molecule has 0 amide bonds. The molecule has 0 aliphatic heterocycles. The lowest BCUT2D eigenvalue weighted by atomic mass is 10.3. The second-order valence-electron chi connectivity index (χ2n) is 4.84. The number of fused-ring (bicyclic) bond motifs is 1. The highest BCUT2D eigenvalue weighted by molar-refractivity contribution is 9.10. The predicted molar refractivity (Wildman–Crippen MR) is 89.4 cm³/mol. The molecule has 112 valence electrons. The second kappa shape index (κ2) is 6.32. The zero-order chi connectivity index (χ0) is 15.5. The quantitative estimate of drug-likeness (QED) is 0.705. The molecule has 3 aromatic rings. The molecule has 0 bridgehead atoms.